The Morgan fingerprint density at radius 2 is 2.00 bits per heavy atom. The lowest BCUT2D eigenvalue weighted by atomic mass is 10.2. The maximum Gasteiger partial charge on any atom is 0.352 e. The lowest BCUT2D eigenvalue weighted by molar-refractivity contribution is 0.677. The minimum absolute atomic E-state index is 0.0126. The van der Waals surface area contributed by atoms with Gasteiger partial charge in [0, 0.05) is 6.54 Å². The van der Waals surface area contributed by atoms with E-state index in [1.807, 2.05) is 0 Å². The average molecular weight is 338 g/mol. The van der Waals surface area contributed by atoms with Gasteiger partial charge in [-0.1, -0.05) is 35.2 Å². The Morgan fingerprint density at radius 3 is 2.55 bits per heavy atom. The molecule has 22 heavy (non-hydrogen) atoms. The Morgan fingerprint density at radius 1 is 1.36 bits per heavy atom. The van der Waals surface area contributed by atoms with E-state index in [0.717, 1.165) is 5.01 Å². The Hall–Kier alpha value is -2.07. The van der Waals surface area contributed by atoms with E-state index in [-0.39, 0.29) is 12.5 Å². The number of benzene rings is 1. The Kier molecular flexibility index (Phi) is 5.03. The number of halogens is 2. The van der Waals surface area contributed by atoms with Crippen LogP contribution in [0.2, 0.25) is 10.0 Å². The summed E-state index contributed by atoms with van der Waals surface area (Å²) in [7, 11) is 0. The minimum Gasteiger partial charge on any atom is -0.276 e. The van der Waals surface area contributed by atoms with Gasteiger partial charge in [-0.05, 0) is 19.1 Å². The van der Waals surface area contributed by atoms with E-state index in [9.17, 15) is 4.79 Å². The van der Waals surface area contributed by atoms with E-state index < -0.39 is 5.69 Å². The van der Waals surface area contributed by atoms with Crippen molar-refractivity contribution in [2.45, 2.75) is 13.5 Å². The van der Waals surface area contributed by atoms with Crippen LogP contribution in [0.5, 0.6) is 0 Å². The van der Waals surface area contributed by atoms with Crippen LogP contribution in [0.25, 0.3) is 11.4 Å². The van der Waals surface area contributed by atoms with Crippen molar-refractivity contribution in [3.8, 4) is 23.7 Å². The second-order valence-electron chi connectivity index (χ2n) is 4.30. The second kappa shape index (κ2) is 6.79. The van der Waals surface area contributed by atoms with E-state index in [1.54, 1.807) is 25.1 Å². The fraction of sp³-hybridized carbons (Fsp3) is 0.214. The molecule has 2 N–H and O–H groups in total. The molecule has 0 aliphatic heterocycles. The summed E-state index contributed by atoms with van der Waals surface area (Å²) in [5.74, 6) is 8.40. The van der Waals surface area contributed by atoms with E-state index in [0.29, 0.717) is 28.0 Å². The highest BCUT2D eigenvalue weighted by molar-refractivity contribution is 6.39. The highest BCUT2D eigenvalue weighted by Crippen LogP contribution is 2.33. The molecule has 0 saturated heterocycles. The monoisotopic (exact) mass is 337 g/mol. The topological polar surface area (TPSA) is 77.0 Å². The quantitative estimate of drug-likeness (QED) is 0.524. The van der Waals surface area contributed by atoms with Gasteiger partial charge in [-0.3, -0.25) is 9.58 Å². The largest absolute Gasteiger partial charge is 0.352 e. The number of nitrogens with two attached hydrogens (primary N) is 1. The molecule has 0 atom stereocenters. The van der Waals surface area contributed by atoms with Crippen LogP contribution in [0.15, 0.2) is 23.0 Å². The van der Waals surface area contributed by atoms with Gasteiger partial charge in [0.05, 0.1) is 22.2 Å². The zero-order valence-corrected chi connectivity index (χ0v) is 13.3. The molecule has 0 spiro atoms. The minimum atomic E-state index is -0.508. The summed E-state index contributed by atoms with van der Waals surface area (Å²) in [5, 5.41) is 1.86. The lowest BCUT2D eigenvalue weighted by Crippen LogP contribution is -2.37. The Labute approximate surface area is 137 Å². The molecule has 1 heterocycles. The van der Waals surface area contributed by atoms with Crippen LogP contribution in [-0.4, -0.2) is 21.1 Å². The van der Waals surface area contributed by atoms with E-state index in [2.05, 4.69) is 15.9 Å². The zero-order valence-electron chi connectivity index (χ0n) is 11.8. The summed E-state index contributed by atoms with van der Waals surface area (Å²) in [6, 6.07) is 5.03. The van der Waals surface area contributed by atoms with Gasteiger partial charge in [0.15, 0.2) is 5.82 Å². The van der Waals surface area contributed by atoms with Crippen molar-refractivity contribution in [2.24, 2.45) is 5.84 Å². The fourth-order valence-corrected chi connectivity index (χ4v) is 2.47. The van der Waals surface area contributed by atoms with Gasteiger partial charge in [0.2, 0.25) is 5.95 Å². The molecule has 0 radical (unpaired) electrons. The molecule has 1 aromatic carbocycles. The normalized spacial score (nSPS) is 10.3. The lowest BCUT2D eigenvalue weighted by Gasteiger charge is -2.17. The first-order chi connectivity index (χ1) is 10.5. The molecule has 0 fully saturated rings. The van der Waals surface area contributed by atoms with Crippen molar-refractivity contribution in [3.63, 3.8) is 0 Å². The average Bonchev–Trinajstić information content (AvgIpc) is 2.47. The molecule has 6 nitrogen and oxygen atoms in total. The zero-order chi connectivity index (χ0) is 16.3. The summed E-state index contributed by atoms with van der Waals surface area (Å²) in [4.78, 5) is 20.3. The van der Waals surface area contributed by atoms with Gasteiger partial charge < -0.3 is 0 Å². The van der Waals surface area contributed by atoms with Crippen molar-refractivity contribution in [1.29, 1.82) is 0 Å². The first-order valence-electron chi connectivity index (χ1n) is 6.38. The summed E-state index contributed by atoms with van der Waals surface area (Å²) in [6.45, 7) is 2.21. The molecule has 2 rings (SSSR count). The number of anilines is 1. The Bertz CT molecular complexity index is 777. The van der Waals surface area contributed by atoms with Crippen LogP contribution in [0.3, 0.4) is 0 Å². The maximum absolute atomic E-state index is 12.2. The molecule has 0 aliphatic rings. The summed E-state index contributed by atoms with van der Waals surface area (Å²) in [6.07, 6.45) is 5.21. The molecule has 8 heteroatoms. The molecule has 114 valence electrons. The highest BCUT2D eigenvalue weighted by Gasteiger charge is 2.18. The first kappa shape index (κ1) is 16.3. The predicted octanol–water partition coefficient (Wildman–Crippen LogP) is 1.95. The molecule has 0 saturated carbocycles. The van der Waals surface area contributed by atoms with Crippen molar-refractivity contribution in [3.05, 3.63) is 38.7 Å². The molecule has 0 unspecified atom stereocenters. The fourth-order valence-electron chi connectivity index (χ4n) is 1.90. The summed E-state index contributed by atoms with van der Waals surface area (Å²) < 4.78 is 1.36. The number of nitrogens with zero attached hydrogens (tertiary/aromatic N) is 4. The first-order valence-corrected chi connectivity index (χ1v) is 7.14. The number of terminal acetylenes is 1. The van der Waals surface area contributed by atoms with E-state index >= 15 is 0 Å². The van der Waals surface area contributed by atoms with Crippen LogP contribution in [-0.2, 0) is 6.54 Å². The van der Waals surface area contributed by atoms with Gasteiger partial charge in [0.25, 0.3) is 0 Å². The van der Waals surface area contributed by atoms with Crippen LogP contribution < -0.4 is 16.5 Å². The van der Waals surface area contributed by atoms with Crippen molar-refractivity contribution in [1.82, 2.24) is 14.5 Å². The highest BCUT2D eigenvalue weighted by atomic mass is 35.5. The Balaban J connectivity index is 2.74. The molecular weight excluding hydrogens is 325 g/mol. The van der Waals surface area contributed by atoms with E-state index in [1.165, 1.54) is 4.57 Å². The predicted molar refractivity (Wildman–Crippen MR) is 87.8 cm³/mol. The van der Waals surface area contributed by atoms with Gasteiger partial charge in [-0.2, -0.15) is 9.97 Å². The third kappa shape index (κ3) is 3.07. The molecule has 0 aliphatic carbocycles. The van der Waals surface area contributed by atoms with Gasteiger partial charge in [-0.25, -0.2) is 10.6 Å². The van der Waals surface area contributed by atoms with Gasteiger partial charge in [0.1, 0.15) is 0 Å². The SMILES string of the molecule is C#CCN(N)c1nc(-c2c(Cl)cccc2Cl)n(CC)c(=O)n1. The van der Waals surface area contributed by atoms with Crippen molar-refractivity contribution in [2.75, 3.05) is 11.6 Å². The number of aromatic nitrogens is 3. The smallest absolute Gasteiger partial charge is 0.276 e. The summed E-state index contributed by atoms with van der Waals surface area (Å²) >= 11 is 12.4. The van der Waals surface area contributed by atoms with Gasteiger partial charge >= 0.3 is 5.69 Å². The molecule has 0 amide bonds. The molecule has 0 bridgehead atoms. The standard InChI is InChI=1S/C14H13Cl2N5O/c1-3-8-21(17)13-18-12(20(4-2)14(22)19-13)11-9(15)6-5-7-10(11)16/h1,5-7H,4,8,17H2,2H3. The van der Waals surface area contributed by atoms with Crippen LogP contribution in [0.1, 0.15) is 6.92 Å². The van der Waals surface area contributed by atoms with Crippen LogP contribution in [0, 0.1) is 12.3 Å². The molecule has 1 aromatic heterocycles. The van der Waals surface area contributed by atoms with Crippen molar-refractivity contribution >= 4 is 29.2 Å². The number of hydrogen-bond donors (Lipinski definition) is 1. The number of hydrogen-bond acceptors (Lipinski definition) is 5. The van der Waals surface area contributed by atoms with Crippen LogP contribution >= 0.6 is 23.2 Å². The van der Waals surface area contributed by atoms with E-state index in [4.69, 9.17) is 35.5 Å². The number of hydrazine groups is 1. The third-order valence-electron chi connectivity index (χ3n) is 2.91. The number of rotatable bonds is 4. The summed E-state index contributed by atoms with van der Waals surface area (Å²) in [5.41, 5.74) is -0.0616. The molecule has 2 aromatic rings. The maximum atomic E-state index is 12.2. The van der Waals surface area contributed by atoms with Crippen molar-refractivity contribution < 1.29 is 0 Å². The second-order valence-corrected chi connectivity index (χ2v) is 5.12. The third-order valence-corrected chi connectivity index (χ3v) is 3.54. The van der Waals surface area contributed by atoms with Gasteiger partial charge in [-0.15, -0.1) is 6.42 Å². The van der Waals surface area contributed by atoms with Crippen LogP contribution in [0.4, 0.5) is 5.95 Å². The molecular formula is C14H13Cl2N5O.